The van der Waals surface area contributed by atoms with Crippen LogP contribution in [-0.4, -0.2) is 33.7 Å². The number of amides is 2. The summed E-state index contributed by atoms with van der Waals surface area (Å²) in [5.41, 5.74) is 0.386. The van der Waals surface area contributed by atoms with E-state index in [1.54, 1.807) is 16.9 Å². The Bertz CT molecular complexity index is 557. The molecule has 1 heterocycles. The number of carbonyl (C=O) groups is 2. The van der Waals surface area contributed by atoms with Crippen LogP contribution in [0.15, 0.2) is 12.3 Å². The summed E-state index contributed by atoms with van der Waals surface area (Å²) >= 11 is 0. The lowest BCUT2D eigenvalue weighted by molar-refractivity contribution is -0.124. The van der Waals surface area contributed by atoms with Crippen molar-refractivity contribution in [2.75, 3.05) is 0 Å². The maximum atomic E-state index is 12.3. The molecule has 1 aromatic rings. The zero-order chi connectivity index (χ0) is 16.2. The smallest absolute Gasteiger partial charge is 0.271 e. The zero-order valence-corrected chi connectivity index (χ0v) is 13.8. The van der Waals surface area contributed by atoms with Gasteiger partial charge in [0.1, 0.15) is 11.7 Å². The molecule has 6 heteroatoms. The second-order valence-corrected chi connectivity index (χ2v) is 6.80. The lowest BCUT2D eigenvalue weighted by Crippen LogP contribution is -2.37. The molecule has 6 nitrogen and oxygen atoms in total. The van der Waals surface area contributed by atoms with Crippen LogP contribution in [0.2, 0.25) is 0 Å². The molecule has 0 aliphatic heterocycles. The average molecular weight is 318 g/mol. The summed E-state index contributed by atoms with van der Waals surface area (Å²) in [6, 6.07) is 1.86. The number of rotatable bonds is 5. The Kier molecular flexibility index (Phi) is 4.98. The first-order chi connectivity index (χ1) is 11.1. The van der Waals surface area contributed by atoms with Crippen LogP contribution in [0, 0.1) is 0 Å². The van der Waals surface area contributed by atoms with Crippen molar-refractivity contribution in [2.45, 2.75) is 76.4 Å². The van der Waals surface area contributed by atoms with Crippen LogP contribution >= 0.6 is 0 Å². The molecular formula is C17H26N4O2. The quantitative estimate of drug-likeness (QED) is 0.873. The third-order valence-corrected chi connectivity index (χ3v) is 5.01. The van der Waals surface area contributed by atoms with Crippen LogP contribution in [0.3, 0.4) is 0 Å². The van der Waals surface area contributed by atoms with Gasteiger partial charge in [0.25, 0.3) is 5.91 Å². The van der Waals surface area contributed by atoms with Crippen LogP contribution in [-0.2, 0) is 4.79 Å². The second-order valence-electron chi connectivity index (χ2n) is 6.80. The van der Waals surface area contributed by atoms with Crippen molar-refractivity contribution in [3.63, 3.8) is 0 Å². The fourth-order valence-electron chi connectivity index (χ4n) is 3.52. The molecule has 2 aliphatic rings. The number of nitrogens with zero attached hydrogens (tertiary/aromatic N) is 2. The van der Waals surface area contributed by atoms with Gasteiger partial charge in [-0.3, -0.25) is 14.3 Å². The van der Waals surface area contributed by atoms with Crippen molar-refractivity contribution in [1.29, 1.82) is 0 Å². The van der Waals surface area contributed by atoms with Gasteiger partial charge in [-0.15, -0.1) is 0 Å². The normalized spacial score (nSPS) is 20.6. The lowest BCUT2D eigenvalue weighted by atomic mass is 10.2. The molecule has 2 N–H and O–H groups in total. The molecule has 0 aromatic carbocycles. The summed E-state index contributed by atoms with van der Waals surface area (Å²) in [6.45, 7) is 1.82. The van der Waals surface area contributed by atoms with E-state index in [-0.39, 0.29) is 17.9 Å². The fraction of sp³-hybridized carbons (Fsp3) is 0.706. The highest BCUT2D eigenvalue weighted by Crippen LogP contribution is 2.19. The van der Waals surface area contributed by atoms with Gasteiger partial charge in [-0.2, -0.15) is 5.10 Å². The number of nitrogens with one attached hydrogen (secondary N) is 2. The van der Waals surface area contributed by atoms with Gasteiger partial charge in [-0.05, 0) is 38.7 Å². The summed E-state index contributed by atoms with van der Waals surface area (Å²) in [5.74, 6) is -0.165. The molecule has 1 atom stereocenters. The molecule has 0 radical (unpaired) electrons. The predicted molar refractivity (Wildman–Crippen MR) is 87.1 cm³/mol. The summed E-state index contributed by atoms with van der Waals surface area (Å²) in [5, 5.41) is 10.4. The topological polar surface area (TPSA) is 76.0 Å². The van der Waals surface area contributed by atoms with E-state index < -0.39 is 6.04 Å². The number of carbonyl (C=O) groups excluding carboxylic acids is 2. The van der Waals surface area contributed by atoms with Gasteiger partial charge in [-0.1, -0.05) is 25.7 Å². The first kappa shape index (κ1) is 16.0. The van der Waals surface area contributed by atoms with Gasteiger partial charge < -0.3 is 10.6 Å². The molecule has 23 heavy (non-hydrogen) atoms. The largest absolute Gasteiger partial charge is 0.352 e. The van der Waals surface area contributed by atoms with E-state index in [0.717, 1.165) is 25.7 Å². The minimum absolute atomic E-state index is 0.0252. The van der Waals surface area contributed by atoms with Gasteiger partial charge in [-0.25, -0.2) is 0 Å². The van der Waals surface area contributed by atoms with Crippen LogP contribution < -0.4 is 10.6 Å². The second kappa shape index (κ2) is 7.15. The highest BCUT2D eigenvalue weighted by atomic mass is 16.2. The SMILES string of the molecule is CC(C(=O)NC1CCCC1)n1ccc(C(=O)NC2CCCC2)n1. The van der Waals surface area contributed by atoms with Crippen LogP contribution in [0.1, 0.15) is 74.8 Å². The molecule has 2 amide bonds. The van der Waals surface area contributed by atoms with Crippen molar-refractivity contribution in [3.05, 3.63) is 18.0 Å². The molecule has 0 bridgehead atoms. The van der Waals surface area contributed by atoms with Crippen LogP contribution in [0.25, 0.3) is 0 Å². The molecule has 1 unspecified atom stereocenters. The minimum Gasteiger partial charge on any atom is -0.352 e. The molecule has 2 saturated carbocycles. The molecule has 0 spiro atoms. The van der Waals surface area contributed by atoms with E-state index >= 15 is 0 Å². The summed E-state index contributed by atoms with van der Waals surface area (Å²) < 4.78 is 1.58. The molecule has 2 aliphatic carbocycles. The monoisotopic (exact) mass is 318 g/mol. The first-order valence-electron chi connectivity index (χ1n) is 8.80. The van der Waals surface area contributed by atoms with E-state index in [1.165, 1.54) is 25.7 Å². The summed E-state index contributed by atoms with van der Waals surface area (Å²) in [7, 11) is 0. The van der Waals surface area contributed by atoms with Gasteiger partial charge in [0.2, 0.25) is 5.91 Å². The van der Waals surface area contributed by atoms with Crippen LogP contribution in [0.5, 0.6) is 0 Å². The Morgan fingerprint density at radius 3 is 2.26 bits per heavy atom. The van der Waals surface area contributed by atoms with Crippen molar-refractivity contribution >= 4 is 11.8 Å². The predicted octanol–water partition coefficient (Wildman–Crippen LogP) is 2.18. The van der Waals surface area contributed by atoms with E-state index in [0.29, 0.717) is 11.7 Å². The third kappa shape index (κ3) is 3.92. The van der Waals surface area contributed by atoms with Gasteiger partial charge in [0, 0.05) is 18.3 Å². The van der Waals surface area contributed by atoms with E-state index in [2.05, 4.69) is 15.7 Å². The first-order valence-corrected chi connectivity index (χ1v) is 8.80. The van der Waals surface area contributed by atoms with Crippen LogP contribution in [0.4, 0.5) is 0 Å². The highest BCUT2D eigenvalue weighted by Gasteiger charge is 2.23. The Labute approximate surface area is 137 Å². The zero-order valence-electron chi connectivity index (χ0n) is 13.8. The lowest BCUT2D eigenvalue weighted by Gasteiger charge is -2.17. The minimum atomic E-state index is -0.399. The standard InChI is InChI=1S/C17H26N4O2/c1-12(16(22)18-13-6-2-3-7-13)21-11-10-15(20-21)17(23)19-14-8-4-5-9-14/h10-14H,2-9H2,1H3,(H,18,22)(H,19,23). The molecular weight excluding hydrogens is 292 g/mol. The highest BCUT2D eigenvalue weighted by molar-refractivity contribution is 5.92. The Morgan fingerprint density at radius 1 is 1.09 bits per heavy atom. The van der Waals surface area contributed by atoms with Crippen molar-refractivity contribution < 1.29 is 9.59 Å². The number of aromatic nitrogens is 2. The van der Waals surface area contributed by atoms with E-state index in [9.17, 15) is 9.59 Å². The number of hydrogen-bond donors (Lipinski definition) is 2. The van der Waals surface area contributed by atoms with E-state index in [1.807, 2.05) is 6.92 Å². The summed E-state index contributed by atoms with van der Waals surface area (Å²) in [4.78, 5) is 24.5. The maximum absolute atomic E-state index is 12.3. The van der Waals surface area contributed by atoms with Gasteiger partial charge in [0.15, 0.2) is 0 Å². The van der Waals surface area contributed by atoms with E-state index in [4.69, 9.17) is 0 Å². The maximum Gasteiger partial charge on any atom is 0.271 e. The Balaban J connectivity index is 1.56. The summed E-state index contributed by atoms with van der Waals surface area (Å²) in [6.07, 6.45) is 10.7. The molecule has 126 valence electrons. The van der Waals surface area contributed by atoms with Crippen molar-refractivity contribution in [1.82, 2.24) is 20.4 Å². The molecule has 0 saturated heterocycles. The van der Waals surface area contributed by atoms with Crippen molar-refractivity contribution in [3.8, 4) is 0 Å². The number of hydrogen-bond acceptors (Lipinski definition) is 3. The van der Waals surface area contributed by atoms with Gasteiger partial charge in [0.05, 0.1) is 0 Å². The molecule has 3 rings (SSSR count). The fourth-order valence-corrected chi connectivity index (χ4v) is 3.52. The third-order valence-electron chi connectivity index (χ3n) is 5.01. The Morgan fingerprint density at radius 2 is 1.65 bits per heavy atom. The van der Waals surface area contributed by atoms with Crippen molar-refractivity contribution in [2.24, 2.45) is 0 Å². The molecule has 1 aromatic heterocycles. The molecule has 2 fully saturated rings. The van der Waals surface area contributed by atoms with Gasteiger partial charge >= 0.3 is 0 Å². The average Bonchev–Trinajstić information content (AvgIpc) is 3.28. The Hall–Kier alpha value is -1.85.